The van der Waals surface area contributed by atoms with Crippen LogP contribution in [0.3, 0.4) is 0 Å². The highest BCUT2D eigenvalue weighted by Crippen LogP contribution is 2.34. The van der Waals surface area contributed by atoms with Crippen molar-refractivity contribution in [2.24, 2.45) is 0 Å². The monoisotopic (exact) mass is 376 g/mol. The van der Waals surface area contributed by atoms with E-state index < -0.39 is 0 Å². The molecule has 0 amide bonds. The van der Waals surface area contributed by atoms with E-state index >= 15 is 0 Å². The lowest BCUT2D eigenvalue weighted by Crippen LogP contribution is -2.01. The van der Waals surface area contributed by atoms with Gasteiger partial charge in [0.15, 0.2) is 0 Å². The Morgan fingerprint density at radius 3 is 2.67 bits per heavy atom. The van der Waals surface area contributed by atoms with Gasteiger partial charge in [0.05, 0.1) is 5.02 Å². The number of fused-ring (bicyclic) bond motifs is 2. The molecule has 4 rings (SSSR count). The molecular formula is C19H14Cl2O2S. The predicted octanol–water partition coefficient (Wildman–Crippen LogP) is 5.88. The lowest BCUT2D eigenvalue weighted by molar-refractivity contribution is 0.559. The zero-order valence-electron chi connectivity index (χ0n) is 12.8. The summed E-state index contributed by atoms with van der Waals surface area (Å²) in [6, 6.07) is 11.2. The molecule has 0 fully saturated rings. The molecule has 1 heterocycles. The van der Waals surface area contributed by atoms with Crippen molar-refractivity contribution in [3.63, 3.8) is 0 Å². The fourth-order valence-electron chi connectivity index (χ4n) is 3.16. The maximum absolute atomic E-state index is 11.9. The van der Waals surface area contributed by atoms with Gasteiger partial charge in [-0.05, 0) is 66.3 Å². The van der Waals surface area contributed by atoms with Crippen molar-refractivity contribution < 1.29 is 4.42 Å². The molecule has 1 aliphatic rings. The molecule has 0 atom stereocenters. The summed E-state index contributed by atoms with van der Waals surface area (Å²) < 4.78 is 5.41. The summed E-state index contributed by atoms with van der Waals surface area (Å²) >= 11 is 13.8. The van der Waals surface area contributed by atoms with Gasteiger partial charge in [-0.25, -0.2) is 4.79 Å². The van der Waals surface area contributed by atoms with Crippen molar-refractivity contribution in [2.75, 3.05) is 0 Å². The molecule has 3 aromatic rings. The number of halogens is 2. The van der Waals surface area contributed by atoms with Gasteiger partial charge in [0, 0.05) is 27.1 Å². The minimum absolute atomic E-state index is 0.312. The highest BCUT2D eigenvalue weighted by Gasteiger charge is 2.15. The third-order valence-electron chi connectivity index (χ3n) is 4.32. The second kappa shape index (κ2) is 6.47. The number of hydrogen-bond donors (Lipinski definition) is 0. The lowest BCUT2D eigenvalue weighted by atomic mass is 10.0. The minimum Gasteiger partial charge on any atom is -0.423 e. The number of aryl methyl sites for hydroxylation is 2. The quantitative estimate of drug-likeness (QED) is 0.422. The zero-order chi connectivity index (χ0) is 16.7. The van der Waals surface area contributed by atoms with Gasteiger partial charge < -0.3 is 4.42 Å². The maximum Gasteiger partial charge on any atom is 0.336 e. The summed E-state index contributed by atoms with van der Waals surface area (Å²) in [7, 11) is 0. The van der Waals surface area contributed by atoms with Crippen LogP contribution in [0.5, 0.6) is 0 Å². The molecule has 0 unspecified atom stereocenters. The van der Waals surface area contributed by atoms with E-state index in [1.54, 1.807) is 30.0 Å². The van der Waals surface area contributed by atoms with Gasteiger partial charge in [-0.1, -0.05) is 23.2 Å². The molecule has 0 saturated heterocycles. The van der Waals surface area contributed by atoms with Crippen molar-refractivity contribution in [1.82, 2.24) is 0 Å². The van der Waals surface area contributed by atoms with Crippen LogP contribution in [0, 0.1) is 0 Å². The Balaban J connectivity index is 1.73. The molecule has 0 saturated carbocycles. The normalized spacial score (nSPS) is 13.4. The van der Waals surface area contributed by atoms with Gasteiger partial charge in [-0.2, -0.15) is 0 Å². The lowest BCUT2D eigenvalue weighted by Gasteiger charge is -2.09. The molecule has 24 heavy (non-hydrogen) atoms. The Morgan fingerprint density at radius 1 is 1.04 bits per heavy atom. The average molecular weight is 377 g/mol. The highest BCUT2D eigenvalue weighted by molar-refractivity contribution is 7.98. The second-order valence-electron chi connectivity index (χ2n) is 5.92. The fraction of sp³-hybridized carbons (Fsp3) is 0.211. The van der Waals surface area contributed by atoms with E-state index in [2.05, 4.69) is 6.07 Å². The highest BCUT2D eigenvalue weighted by atomic mass is 35.5. The minimum atomic E-state index is -0.312. The average Bonchev–Trinajstić information content (AvgIpc) is 3.00. The van der Waals surface area contributed by atoms with E-state index in [0.29, 0.717) is 21.4 Å². The van der Waals surface area contributed by atoms with Crippen LogP contribution in [0.25, 0.3) is 11.0 Å². The molecule has 2 nitrogen and oxygen atoms in total. The van der Waals surface area contributed by atoms with Gasteiger partial charge in [-0.3, -0.25) is 0 Å². The van der Waals surface area contributed by atoms with Crippen molar-refractivity contribution in [2.45, 2.75) is 29.9 Å². The van der Waals surface area contributed by atoms with E-state index in [-0.39, 0.29) is 5.63 Å². The number of rotatable bonds is 3. The Hall–Kier alpha value is -1.42. The van der Waals surface area contributed by atoms with Crippen molar-refractivity contribution in [3.05, 3.63) is 73.6 Å². The number of hydrogen-bond acceptors (Lipinski definition) is 3. The molecular weight excluding hydrogens is 363 g/mol. The first-order valence-corrected chi connectivity index (χ1v) is 9.51. The van der Waals surface area contributed by atoms with Crippen LogP contribution in [0.15, 0.2) is 50.5 Å². The number of thioether (sulfide) groups is 1. The number of benzene rings is 2. The molecule has 5 heteroatoms. The first-order valence-electron chi connectivity index (χ1n) is 7.76. The SMILES string of the molecule is O=c1cc(CSc2cc(Cl)ccc2Cl)c2cc3c(cc2o1)CCC3. The Kier molecular flexibility index (Phi) is 4.33. The van der Waals surface area contributed by atoms with Crippen LogP contribution < -0.4 is 5.63 Å². The summed E-state index contributed by atoms with van der Waals surface area (Å²) in [5.74, 6) is 0.640. The third-order valence-corrected chi connectivity index (χ3v) is 6.10. The first-order chi connectivity index (χ1) is 11.6. The molecule has 1 aliphatic carbocycles. The molecule has 0 aliphatic heterocycles. The molecule has 1 aromatic heterocycles. The molecule has 0 radical (unpaired) electrons. The van der Waals surface area contributed by atoms with Gasteiger partial charge in [0.25, 0.3) is 0 Å². The van der Waals surface area contributed by atoms with E-state index in [9.17, 15) is 4.79 Å². The van der Waals surface area contributed by atoms with Crippen LogP contribution in [0.4, 0.5) is 0 Å². The maximum atomic E-state index is 11.9. The molecule has 0 N–H and O–H groups in total. The van der Waals surface area contributed by atoms with Crippen LogP contribution >= 0.6 is 35.0 Å². The molecule has 2 aromatic carbocycles. The van der Waals surface area contributed by atoms with Crippen LogP contribution in [0.2, 0.25) is 10.0 Å². The Bertz CT molecular complexity index is 995. The largest absolute Gasteiger partial charge is 0.423 e. The van der Waals surface area contributed by atoms with Gasteiger partial charge in [-0.15, -0.1) is 11.8 Å². The molecule has 0 bridgehead atoms. The van der Waals surface area contributed by atoms with E-state index in [1.165, 1.54) is 11.1 Å². The summed E-state index contributed by atoms with van der Waals surface area (Å²) in [5.41, 5.74) is 4.00. The van der Waals surface area contributed by atoms with E-state index in [0.717, 1.165) is 35.1 Å². The van der Waals surface area contributed by atoms with Gasteiger partial charge >= 0.3 is 5.63 Å². The smallest absolute Gasteiger partial charge is 0.336 e. The van der Waals surface area contributed by atoms with Gasteiger partial charge in [0.1, 0.15) is 5.58 Å². The van der Waals surface area contributed by atoms with Crippen LogP contribution in [-0.2, 0) is 18.6 Å². The Labute approximate surface area is 153 Å². The standard InChI is InChI=1S/C19H14Cl2O2S/c20-14-4-5-16(21)18(9-14)24-10-13-8-19(22)23-17-7-12-3-1-2-11(12)6-15(13)17/h4-9H,1-3,10H2. The summed E-state index contributed by atoms with van der Waals surface area (Å²) in [4.78, 5) is 12.8. The van der Waals surface area contributed by atoms with Crippen molar-refractivity contribution in [1.29, 1.82) is 0 Å². The molecule has 122 valence electrons. The molecule has 0 spiro atoms. The van der Waals surface area contributed by atoms with E-state index in [1.807, 2.05) is 12.1 Å². The predicted molar refractivity (Wildman–Crippen MR) is 101 cm³/mol. The van der Waals surface area contributed by atoms with Crippen LogP contribution in [0.1, 0.15) is 23.1 Å². The zero-order valence-corrected chi connectivity index (χ0v) is 15.1. The summed E-state index contributed by atoms with van der Waals surface area (Å²) in [5, 5.41) is 2.33. The second-order valence-corrected chi connectivity index (χ2v) is 7.79. The summed E-state index contributed by atoms with van der Waals surface area (Å²) in [6.45, 7) is 0. The van der Waals surface area contributed by atoms with Gasteiger partial charge in [0.2, 0.25) is 0 Å². The van der Waals surface area contributed by atoms with Crippen molar-refractivity contribution >= 4 is 45.9 Å². The third kappa shape index (κ3) is 3.08. The van der Waals surface area contributed by atoms with Crippen LogP contribution in [-0.4, -0.2) is 0 Å². The summed E-state index contributed by atoms with van der Waals surface area (Å²) in [6.07, 6.45) is 3.32. The van der Waals surface area contributed by atoms with E-state index in [4.69, 9.17) is 27.6 Å². The Morgan fingerprint density at radius 2 is 1.83 bits per heavy atom. The fourth-order valence-corrected chi connectivity index (χ4v) is 4.64. The van der Waals surface area contributed by atoms with Crippen molar-refractivity contribution in [3.8, 4) is 0 Å². The first kappa shape index (κ1) is 16.1. The topological polar surface area (TPSA) is 30.2 Å².